The molecule has 2 unspecified atom stereocenters. The van der Waals surface area contributed by atoms with Crippen molar-refractivity contribution in [1.82, 2.24) is 9.80 Å². The Morgan fingerprint density at radius 3 is 2.25 bits per heavy atom. The maximum Gasteiger partial charge on any atom is 0.118 e. The molecule has 0 spiro atoms. The lowest BCUT2D eigenvalue weighted by Crippen LogP contribution is -2.51. The molecule has 2 rings (SSSR count). The van der Waals surface area contributed by atoms with Gasteiger partial charge in [0.2, 0.25) is 0 Å². The molecule has 1 aliphatic heterocycles. The summed E-state index contributed by atoms with van der Waals surface area (Å²) in [5.41, 5.74) is 7.61. The Labute approximate surface area is 122 Å². The zero-order valence-corrected chi connectivity index (χ0v) is 12.9. The zero-order chi connectivity index (χ0) is 14.5. The number of benzene rings is 1. The Hall–Kier alpha value is -1.10. The minimum atomic E-state index is 0.0501. The van der Waals surface area contributed by atoms with E-state index in [1.54, 1.807) is 7.11 Å². The molecule has 0 amide bonds. The van der Waals surface area contributed by atoms with Crippen LogP contribution in [-0.4, -0.2) is 55.7 Å². The predicted molar refractivity (Wildman–Crippen MR) is 83.1 cm³/mol. The van der Waals surface area contributed by atoms with Crippen molar-refractivity contribution in [3.8, 4) is 5.75 Å². The molecule has 4 nitrogen and oxygen atoms in total. The van der Waals surface area contributed by atoms with E-state index in [9.17, 15) is 0 Å². The summed E-state index contributed by atoms with van der Waals surface area (Å²) in [6.07, 6.45) is 0. The number of nitrogens with zero attached hydrogens (tertiary/aromatic N) is 2. The van der Waals surface area contributed by atoms with Gasteiger partial charge < -0.3 is 15.4 Å². The minimum absolute atomic E-state index is 0.0501. The third kappa shape index (κ3) is 3.51. The smallest absolute Gasteiger partial charge is 0.118 e. The molecule has 20 heavy (non-hydrogen) atoms. The summed E-state index contributed by atoms with van der Waals surface area (Å²) in [4.78, 5) is 4.99. The highest BCUT2D eigenvalue weighted by Gasteiger charge is 2.25. The molecule has 1 aromatic rings. The quantitative estimate of drug-likeness (QED) is 0.890. The molecular weight excluding hydrogens is 250 g/mol. The molecule has 1 saturated heterocycles. The number of ether oxygens (including phenoxy) is 1. The second-order valence-electron chi connectivity index (χ2n) is 5.51. The monoisotopic (exact) mass is 277 g/mol. The molecule has 1 aliphatic rings. The van der Waals surface area contributed by atoms with Crippen LogP contribution in [0.2, 0.25) is 0 Å². The van der Waals surface area contributed by atoms with Crippen LogP contribution >= 0.6 is 0 Å². The van der Waals surface area contributed by atoms with Gasteiger partial charge in [-0.2, -0.15) is 0 Å². The van der Waals surface area contributed by atoms with Gasteiger partial charge in [-0.3, -0.25) is 4.90 Å². The lowest BCUT2D eigenvalue weighted by Gasteiger charge is -2.39. The lowest BCUT2D eigenvalue weighted by molar-refractivity contribution is 0.0950. The molecule has 1 heterocycles. The zero-order valence-electron chi connectivity index (χ0n) is 12.9. The summed E-state index contributed by atoms with van der Waals surface area (Å²) in [6.45, 7) is 10.1. The highest BCUT2D eigenvalue weighted by Crippen LogP contribution is 2.22. The topological polar surface area (TPSA) is 41.7 Å². The van der Waals surface area contributed by atoms with Gasteiger partial charge in [-0.05, 0) is 31.2 Å². The van der Waals surface area contributed by atoms with Crippen molar-refractivity contribution in [3.05, 3.63) is 29.8 Å². The van der Waals surface area contributed by atoms with E-state index in [2.05, 4.69) is 35.8 Å². The van der Waals surface area contributed by atoms with Crippen molar-refractivity contribution in [2.75, 3.05) is 39.8 Å². The van der Waals surface area contributed by atoms with Gasteiger partial charge in [-0.25, -0.2) is 0 Å². The fraction of sp³-hybridized carbons (Fsp3) is 0.625. The number of methoxy groups -OCH3 is 1. The van der Waals surface area contributed by atoms with Gasteiger partial charge in [0.05, 0.1) is 7.11 Å². The number of likely N-dealkylation sites (N-methyl/N-ethyl adjacent to an activating group) is 1. The van der Waals surface area contributed by atoms with E-state index in [0.717, 1.165) is 38.5 Å². The molecule has 2 atom stereocenters. The van der Waals surface area contributed by atoms with Gasteiger partial charge in [0.1, 0.15) is 5.75 Å². The first kappa shape index (κ1) is 15.3. The molecular formula is C16H27N3O. The molecule has 0 aliphatic carbocycles. The second-order valence-corrected chi connectivity index (χ2v) is 5.51. The van der Waals surface area contributed by atoms with Gasteiger partial charge in [-0.15, -0.1) is 0 Å². The number of rotatable bonds is 5. The van der Waals surface area contributed by atoms with E-state index in [1.165, 1.54) is 5.56 Å². The maximum absolute atomic E-state index is 6.43. The highest BCUT2D eigenvalue weighted by atomic mass is 16.5. The molecule has 0 aromatic heterocycles. The van der Waals surface area contributed by atoms with Gasteiger partial charge in [0.15, 0.2) is 0 Å². The third-order valence-corrected chi connectivity index (χ3v) is 4.45. The van der Waals surface area contributed by atoms with E-state index in [1.807, 2.05) is 12.1 Å². The molecule has 1 fully saturated rings. The van der Waals surface area contributed by atoms with Crippen molar-refractivity contribution in [2.45, 2.75) is 25.9 Å². The first-order valence-corrected chi connectivity index (χ1v) is 7.51. The van der Waals surface area contributed by atoms with Crippen LogP contribution in [0.25, 0.3) is 0 Å². The van der Waals surface area contributed by atoms with Crippen molar-refractivity contribution < 1.29 is 4.74 Å². The fourth-order valence-electron chi connectivity index (χ4n) is 2.82. The van der Waals surface area contributed by atoms with Crippen LogP contribution in [0.1, 0.15) is 25.5 Å². The molecule has 2 N–H and O–H groups in total. The normalized spacial score (nSPS) is 20.6. The predicted octanol–water partition coefficient (Wildman–Crippen LogP) is 1.72. The van der Waals surface area contributed by atoms with Crippen molar-refractivity contribution >= 4 is 0 Å². The Kier molecular flexibility index (Phi) is 5.40. The molecule has 112 valence electrons. The second kappa shape index (κ2) is 7.07. The summed E-state index contributed by atoms with van der Waals surface area (Å²) in [5, 5.41) is 0. The SMILES string of the molecule is CCN1CCN(C(C)C(N)c2ccc(OC)cc2)CC1. The van der Waals surface area contributed by atoms with Crippen molar-refractivity contribution in [1.29, 1.82) is 0 Å². The van der Waals surface area contributed by atoms with E-state index in [0.29, 0.717) is 6.04 Å². The Morgan fingerprint density at radius 2 is 1.75 bits per heavy atom. The molecule has 0 saturated carbocycles. The van der Waals surface area contributed by atoms with Crippen LogP contribution in [0.3, 0.4) is 0 Å². The van der Waals surface area contributed by atoms with Crippen LogP contribution in [0.5, 0.6) is 5.75 Å². The standard InChI is InChI=1S/C16H27N3O/c1-4-18-9-11-19(12-10-18)13(2)16(17)14-5-7-15(20-3)8-6-14/h5-8,13,16H,4,9-12,17H2,1-3H3. The number of hydrogen-bond acceptors (Lipinski definition) is 4. The first-order valence-electron chi connectivity index (χ1n) is 7.51. The number of nitrogens with two attached hydrogens (primary N) is 1. The van der Waals surface area contributed by atoms with E-state index in [4.69, 9.17) is 10.5 Å². The van der Waals surface area contributed by atoms with Gasteiger partial charge in [-0.1, -0.05) is 19.1 Å². The summed E-state index contributed by atoms with van der Waals surface area (Å²) in [7, 11) is 1.69. The Bertz CT molecular complexity index is 399. The van der Waals surface area contributed by atoms with Crippen LogP contribution < -0.4 is 10.5 Å². The molecule has 0 bridgehead atoms. The highest BCUT2D eigenvalue weighted by molar-refractivity contribution is 5.29. The lowest BCUT2D eigenvalue weighted by atomic mass is 9.99. The van der Waals surface area contributed by atoms with E-state index in [-0.39, 0.29) is 6.04 Å². The number of hydrogen-bond donors (Lipinski definition) is 1. The summed E-state index contributed by atoms with van der Waals surface area (Å²) >= 11 is 0. The van der Waals surface area contributed by atoms with E-state index < -0.39 is 0 Å². The minimum Gasteiger partial charge on any atom is -0.497 e. The van der Waals surface area contributed by atoms with Crippen LogP contribution in [0, 0.1) is 0 Å². The van der Waals surface area contributed by atoms with Crippen LogP contribution in [0.15, 0.2) is 24.3 Å². The molecule has 0 radical (unpaired) electrons. The average molecular weight is 277 g/mol. The Morgan fingerprint density at radius 1 is 1.15 bits per heavy atom. The summed E-state index contributed by atoms with van der Waals surface area (Å²) < 4.78 is 5.19. The summed E-state index contributed by atoms with van der Waals surface area (Å²) in [6, 6.07) is 8.52. The first-order chi connectivity index (χ1) is 9.65. The van der Waals surface area contributed by atoms with Crippen molar-refractivity contribution in [3.63, 3.8) is 0 Å². The fourth-order valence-corrected chi connectivity index (χ4v) is 2.82. The Balaban J connectivity index is 1.95. The average Bonchev–Trinajstić information content (AvgIpc) is 2.53. The number of piperazine rings is 1. The molecule has 4 heteroatoms. The maximum atomic E-state index is 6.43. The summed E-state index contributed by atoms with van der Waals surface area (Å²) in [5.74, 6) is 0.880. The molecule has 1 aromatic carbocycles. The third-order valence-electron chi connectivity index (χ3n) is 4.45. The van der Waals surface area contributed by atoms with Crippen LogP contribution in [-0.2, 0) is 0 Å². The van der Waals surface area contributed by atoms with Gasteiger partial charge >= 0.3 is 0 Å². The van der Waals surface area contributed by atoms with Gasteiger partial charge in [0.25, 0.3) is 0 Å². The van der Waals surface area contributed by atoms with Crippen molar-refractivity contribution in [2.24, 2.45) is 5.73 Å². The largest absolute Gasteiger partial charge is 0.497 e. The van der Waals surface area contributed by atoms with Crippen LogP contribution in [0.4, 0.5) is 0 Å². The van der Waals surface area contributed by atoms with E-state index >= 15 is 0 Å². The van der Waals surface area contributed by atoms with Gasteiger partial charge in [0, 0.05) is 38.3 Å².